The van der Waals surface area contributed by atoms with Gasteiger partial charge in [0.25, 0.3) is 0 Å². The van der Waals surface area contributed by atoms with Crippen LogP contribution in [-0.4, -0.2) is 61.1 Å². The standard InChI is InChI=1S/C16H26N6O/c1-3-12-4-6-13(7-5-12)17-15-14(18-20-19-15)16(23)22-10-8-21(2)9-11-22/h4-7,14-15,17-20H,3,8-11H2,1-2H3. The largest absolute Gasteiger partial charge is 0.367 e. The monoisotopic (exact) mass is 318 g/mol. The topological polar surface area (TPSA) is 71.7 Å². The van der Waals surface area contributed by atoms with Gasteiger partial charge in [-0.05, 0) is 31.2 Å². The predicted octanol–water partition coefficient (Wildman–Crippen LogP) is -0.258. The SMILES string of the molecule is CCc1ccc(NC2NNNC2C(=O)N2CCN(C)CC2)cc1. The van der Waals surface area contributed by atoms with E-state index in [1.807, 2.05) is 4.90 Å². The molecule has 7 nitrogen and oxygen atoms in total. The van der Waals surface area contributed by atoms with E-state index in [-0.39, 0.29) is 18.1 Å². The minimum absolute atomic E-state index is 0.123. The van der Waals surface area contributed by atoms with Gasteiger partial charge in [-0.2, -0.15) is 5.53 Å². The Balaban J connectivity index is 1.61. The van der Waals surface area contributed by atoms with Gasteiger partial charge < -0.3 is 15.1 Å². The molecule has 2 fully saturated rings. The number of benzene rings is 1. The number of amides is 1. The molecule has 2 unspecified atom stereocenters. The van der Waals surface area contributed by atoms with Crippen LogP contribution < -0.4 is 21.7 Å². The Labute approximate surface area is 137 Å². The van der Waals surface area contributed by atoms with Gasteiger partial charge in [0.2, 0.25) is 5.91 Å². The van der Waals surface area contributed by atoms with Crippen molar-refractivity contribution in [3.05, 3.63) is 29.8 Å². The molecule has 0 aromatic heterocycles. The molecule has 2 aliphatic heterocycles. The third-order valence-corrected chi connectivity index (χ3v) is 4.55. The van der Waals surface area contributed by atoms with E-state index in [0.29, 0.717) is 0 Å². The summed E-state index contributed by atoms with van der Waals surface area (Å²) in [4.78, 5) is 16.9. The van der Waals surface area contributed by atoms with Crippen LogP contribution >= 0.6 is 0 Å². The molecule has 2 atom stereocenters. The molecule has 7 heteroatoms. The molecule has 23 heavy (non-hydrogen) atoms. The summed E-state index contributed by atoms with van der Waals surface area (Å²) in [6.07, 6.45) is 0.838. The summed E-state index contributed by atoms with van der Waals surface area (Å²) in [5, 5.41) is 3.38. The first-order valence-corrected chi connectivity index (χ1v) is 8.26. The van der Waals surface area contributed by atoms with Crippen LogP contribution in [0.15, 0.2) is 24.3 Å². The van der Waals surface area contributed by atoms with E-state index in [9.17, 15) is 4.79 Å². The van der Waals surface area contributed by atoms with Gasteiger partial charge in [0.15, 0.2) is 0 Å². The van der Waals surface area contributed by atoms with Gasteiger partial charge in [-0.3, -0.25) is 4.79 Å². The Morgan fingerprint density at radius 3 is 2.52 bits per heavy atom. The Hall–Kier alpha value is -1.67. The molecular formula is C16H26N6O. The molecule has 2 aliphatic rings. The van der Waals surface area contributed by atoms with Crippen molar-refractivity contribution in [2.75, 3.05) is 38.5 Å². The second kappa shape index (κ2) is 7.27. The lowest BCUT2D eigenvalue weighted by atomic mass is 10.1. The van der Waals surface area contributed by atoms with E-state index < -0.39 is 0 Å². The fraction of sp³-hybridized carbons (Fsp3) is 0.562. The first-order valence-electron chi connectivity index (χ1n) is 8.26. The number of carbonyl (C=O) groups is 1. The molecular weight excluding hydrogens is 292 g/mol. The van der Waals surface area contributed by atoms with E-state index >= 15 is 0 Å². The van der Waals surface area contributed by atoms with Gasteiger partial charge in [0.05, 0.1) is 0 Å². The van der Waals surface area contributed by atoms with E-state index in [1.165, 1.54) is 5.56 Å². The number of piperazine rings is 1. The number of aryl methyl sites for hydroxylation is 1. The number of hydrogen-bond donors (Lipinski definition) is 4. The van der Waals surface area contributed by atoms with Crippen molar-refractivity contribution in [1.82, 2.24) is 26.2 Å². The molecule has 126 valence electrons. The average Bonchev–Trinajstić information content (AvgIpc) is 3.04. The molecule has 2 saturated heterocycles. The van der Waals surface area contributed by atoms with Crippen LogP contribution in [0, 0.1) is 0 Å². The van der Waals surface area contributed by atoms with Crippen LogP contribution in [0.5, 0.6) is 0 Å². The molecule has 0 radical (unpaired) electrons. The van der Waals surface area contributed by atoms with Crippen LogP contribution in [0.25, 0.3) is 0 Å². The number of likely N-dealkylation sites (N-methyl/N-ethyl adjacent to an activating group) is 1. The summed E-state index contributed by atoms with van der Waals surface area (Å²) in [5.74, 6) is 0.123. The van der Waals surface area contributed by atoms with Crippen LogP contribution in [0.3, 0.4) is 0 Å². The molecule has 1 aromatic carbocycles. The van der Waals surface area contributed by atoms with E-state index in [0.717, 1.165) is 38.3 Å². The number of carbonyl (C=O) groups excluding carboxylic acids is 1. The highest BCUT2D eigenvalue weighted by Gasteiger charge is 2.36. The smallest absolute Gasteiger partial charge is 0.244 e. The minimum atomic E-state index is -0.329. The Morgan fingerprint density at radius 1 is 1.17 bits per heavy atom. The van der Waals surface area contributed by atoms with Crippen LogP contribution in [0.1, 0.15) is 12.5 Å². The zero-order valence-corrected chi connectivity index (χ0v) is 13.8. The van der Waals surface area contributed by atoms with Gasteiger partial charge >= 0.3 is 0 Å². The molecule has 1 amide bonds. The van der Waals surface area contributed by atoms with E-state index in [4.69, 9.17) is 0 Å². The van der Waals surface area contributed by atoms with Crippen molar-refractivity contribution in [2.24, 2.45) is 0 Å². The first kappa shape index (κ1) is 16.2. The number of nitrogens with zero attached hydrogens (tertiary/aromatic N) is 2. The van der Waals surface area contributed by atoms with E-state index in [1.54, 1.807) is 0 Å². The predicted molar refractivity (Wildman–Crippen MR) is 90.5 cm³/mol. The van der Waals surface area contributed by atoms with Crippen molar-refractivity contribution >= 4 is 11.6 Å². The maximum atomic E-state index is 12.7. The molecule has 0 aliphatic carbocycles. The highest BCUT2D eigenvalue weighted by Crippen LogP contribution is 2.14. The fourth-order valence-corrected chi connectivity index (χ4v) is 2.93. The summed E-state index contributed by atoms with van der Waals surface area (Å²) in [5.41, 5.74) is 11.3. The first-order chi connectivity index (χ1) is 11.2. The second-order valence-corrected chi connectivity index (χ2v) is 6.19. The quantitative estimate of drug-likeness (QED) is 0.613. The minimum Gasteiger partial charge on any atom is -0.367 e. The lowest BCUT2D eigenvalue weighted by molar-refractivity contribution is -0.134. The Bertz CT molecular complexity index is 526. The van der Waals surface area contributed by atoms with Crippen molar-refractivity contribution in [2.45, 2.75) is 25.6 Å². The van der Waals surface area contributed by atoms with Crippen molar-refractivity contribution in [1.29, 1.82) is 0 Å². The molecule has 2 heterocycles. The zero-order valence-electron chi connectivity index (χ0n) is 13.8. The highest BCUT2D eigenvalue weighted by molar-refractivity contribution is 5.83. The molecule has 0 spiro atoms. The third kappa shape index (κ3) is 3.81. The normalized spacial score (nSPS) is 25.6. The van der Waals surface area contributed by atoms with Crippen LogP contribution in [-0.2, 0) is 11.2 Å². The molecule has 0 saturated carbocycles. The molecule has 1 aromatic rings. The van der Waals surface area contributed by atoms with Crippen molar-refractivity contribution < 1.29 is 4.79 Å². The highest BCUT2D eigenvalue weighted by atomic mass is 16.2. The van der Waals surface area contributed by atoms with Gasteiger partial charge in [-0.25, -0.2) is 10.9 Å². The molecule has 0 bridgehead atoms. The number of hydrogen-bond acceptors (Lipinski definition) is 6. The Kier molecular flexibility index (Phi) is 5.12. The summed E-state index contributed by atoms with van der Waals surface area (Å²) in [6, 6.07) is 7.99. The summed E-state index contributed by atoms with van der Waals surface area (Å²) in [6.45, 7) is 5.56. The van der Waals surface area contributed by atoms with Gasteiger partial charge in [0, 0.05) is 31.9 Å². The van der Waals surface area contributed by atoms with Crippen molar-refractivity contribution in [3.8, 4) is 0 Å². The lowest BCUT2D eigenvalue weighted by Crippen LogP contribution is -2.56. The van der Waals surface area contributed by atoms with Gasteiger partial charge in [-0.1, -0.05) is 19.1 Å². The molecule has 3 rings (SSSR count). The number of nitrogens with one attached hydrogen (secondary N) is 4. The Morgan fingerprint density at radius 2 is 1.87 bits per heavy atom. The number of rotatable bonds is 4. The third-order valence-electron chi connectivity index (χ3n) is 4.55. The van der Waals surface area contributed by atoms with Gasteiger partial charge in [-0.15, -0.1) is 0 Å². The van der Waals surface area contributed by atoms with E-state index in [2.05, 4.69) is 64.8 Å². The second-order valence-electron chi connectivity index (χ2n) is 6.19. The summed E-state index contributed by atoms with van der Waals surface area (Å²) >= 11 is 0. The number of hydrazine groups is 2. The maximum absolute atomic E-state index is 12.7. The number of anilines is 1. The average molecular weight is 318 g/mol. The fourth-order valence-electron chi connectivity index (χ4n) is 2.93. The molecule has 4 N–H and O–H groups in total. The summed E-state index contributed by atoms with van der Waals surface area (Å²) in [7, 11) is 2.09. The lowest BCUT2D eigenvalue weighted by Gasteiger charge is -2.34. The van der Waals surface area contributed by atoms with Crippen molar-refractivity contribution in [3.63, 3.8) is 0 Å². The maximum Gasteiger partial charge on any atom is 0.244 e. The van der Waals surface area contributed by atoms with Crippen LogP contribution in [0.2, 0.25) is 0 Å². The zero-order chi connectivity index (χ0) is 16.2. The van der Waals surface area contributed by atoms with Crippen LogP contribution in [0.4, 0.5) is 5.69 Å². The van der Waals surface area contributed by atoms with Gasteiger partial charge in [0.1, 0.15) is 12.2 Å². The summed E-state index contributed by atoms with van der Waals surface area (Å²) < 4.78 is 0.